The molecule has 3 amide bonds. The molecule has 1 aliphatic rings. The van der Waals surface area contributed by atoms with E-state index in [1.165, 1.54) is 12.5 Å². The van der Waals surface area contributed by atoms with E-state index in [1.54, 1.807) is 20.8 Å². The number of H-pyrrole nitrogens is 1. The summed E-state index contributed by atoms with van der Waals surface area (Å²) in [6, 6.07) is -2.33. The molecule has 3 N–H and O–H groups in total. The van der Waals surface area contributed by atoms with Crippen molar-refractivity contribution in [1.82, 2.24) is 20.2 Å². The van der Waals surface area contributed by atoms with Gasteiger partial charge in [-0.2, -0.15) is 0 Å². The van der Waals surface area contributed by atoms with Crippen molar-refractivity contribution < 1.29 is 29.0 Å². The largest absolute Gasteiger partial charge is 0.480 e. The highest BCUT2D eigenvalue weighted by Crippen LogP contribution is 2.22. The van der Waals surface area contributed by atoms with Crippen molar-refractivity contribution in [3.8, 4) is 0 Å². The SMILES string of the molecule is CC(C)(C)OC(=O)N1C(=O)CC[C@H]1C(=O)N[C@@H](Cc1c[nH]cn1)C(=O)O. The summed E-state index contributed by atoms with van der Waals surface area (Å²) >= 11 is 0. The first-order valence-electron chi connectivity index (χ1n) is 8.14. The van der Waals surface area contributed by atoms with E-state index >= 15 is 0 Å². The number of hydrogen-bond donors (Lipinski definition) is 3. The van der Waals surface area contributed by atoms with Gasteiger partial charge in [0, 0.05) is 19.0 Å². The van der Waals surface area contributed by atoms with Crippen LogP contribution in [0.3, 0.4) is 0 Å². The molecule has 2 heterocycles. The molecule has 142 valence electrons. The maximum absolute atomic E-state index is 12.5. The second-order valence-corrected chi connectivity index (χ2v) is 6.96. The molecule has 2 atom stereocenters. The first kappa shape index (κ1) is 19.4. The fourth-order valence-corrected chi connectivity index (χ4v) is 2.55. The average Bonchev–Trinajstić information content (AvgIpc) is 3.13. The molecule has 0 aliphatic carbocycles. The van der Waals surface area contributed by atoms with E-state index in [0.29, 0.717) is 5.69 Å². The average molecular weight is 366 g/mol. The number of aromatic amines is 1. The van der Waals surface area contributed by atoms with Crippen LogP contribution in [-0.2, 0) is 25.5 Å². The highest BCUT2D eigenvalue weighted by Gasteiger charge is 2.43. The van der Waals surface area contributed by atoms with Crippen LogP contribution in [0.2, 0.25) is 0 Å². The fourth-order valence-electron chi connectivity index (χ4n) is 2.55. The number of nitrogens with zero attached hydrogens (tertiary/aromatic N) is 2. The van der Waals surface area contributed by atoms with Crippen molar-refractivity contribution in [2.24, 2.45) is 0 Å². The summed E-state index contributed by atoms with van der Waals surface area (Å²) in [5, 5.41) is 11.7. The predicted octanol–water partition coefficient (Wildman–Crippen LogP) is 0.448. The highest BCUT2D eigenvalue weighted by molar-refractivity contribution is 6.01. The zero-order valence-corrected chi connectivity index (χ0v) is 14.8. The summed E-state index contributed by atoms with van der Waals surface area (Å²) in [6.45, 7) is 4.93. The van der Waals surface area contributed by atoms with Gasteiger partial charge in [0.05, 0.1) is 12.0 Å². The molecule has 1 fully saturated rings. The number of aliphatic carboxylic acids is 1. The van der Waals surface area contributed by atoms with E-state index in [-0.39, 0.29) is 19.3 Å². The van der Waals surface area contributed by atoms with Gasteiger partial charge in [-0.1, -0.05) is 0 Å². The zero-order chi connectivity index (χ0) is 19.5. The van der Waals surface area contributed by atoms with Gasteiger partial charge in [-0.15, -0.1) is 0 Å². The van der Waals surface area contributed by atoms with Crippen LogP contribution < -0.4 is 5.32 Å². The lowest BCUT2D eigenvalue weighted by atomic mass is 10.1. The number of aromatic nitrogens is 2. The molecule has 1 aliphatic heterocycles. The number of hydrogen-bond acceptors (Lipinski definition) is 6. The van der Waals surface area contributed by atoms with Gasteiger partial charge in [-0.05, 0) is 27.2 Å². The maximum atomic E-state index is 12.5. The first-order valence-corrected chi connectivity index (χ1v) is 8.14. The van der Waals surface area contributed by atoms with Crippen LogP contribution in [0.25, 0.3) is 0 Å². The lowest BCUT2D eigenvalue weighted by Crippen LogP contribution is -2.53. The van der Waals surface area contributed by atoms with E-state index in [0.717, 1.165) is 4.90 Å². The Labute approximate surface area is 149 Å². The number of carboxylic acid groups (broad SMARTS) is 1. The topological polar surface area (TPSA) is 142 Å². The summed E-state index contributed by atoms with van der Waals surface area (Å²) in [5.41, 5.74) is -0.367. The lowest BCUT2D eigenvalue weighted by Gasteiger charge is -2.27. The number of amides is 3. The first-order chi connectivity index (χ1) is 12.1. The Balaban J connectivity index is 2.09. The third kappa shape index (κ3) is 4.80. The Morgan fingerprint density at radius 3 is 2.69 bits per heavy atom. The molecule has 10 heteroatoms. The number of imide groups is 1. The second kappa shape index (κ2) is 7.54. The number of imidazole rings is 1. The molecule has 2 rings (SSSR count). The van der Waals surface area contributed by atoms with Gasteiger partial charge < -0.3 is 20.1 Å². The van der Waals surface area contributed by atoms with E-state index < -0.39 is 41.6 Å². The molecule has 0 saturated carbocycles. The monoisotopic (exact) mass is 366 g/mol. The number of carbonyl (C=O) groups is 4. The molecule has 0 spiro atoms. The Morgan fingerprint density at radius 2 is 2.15 bits per heavy atom. The van der Waals surface area contributed by atoms with Crippen LogP contribution in [0.1, 0.15) is 39.3 Å². The maximum Gasteiger partial charge on any atom is 0.417 e. The smallest absolute Gasteiger partial charge is 0.417 e. The third-order valence-electron chi connectivity index (χ3n) is 3.69. The molecule has 26 heavy (non-hydrogen) atoms. The van der Waals surface area contributed by atoms with Crippen LogP contribution in [-0.4, -0.2) is 61.5 Å². The van der Waals surface area contributed by atoms with E-state index in [2.05, 4.69) is 15.3 Å². The van der Waals surface area contributed by atoms with Crippen molar-refractivity contribution in [3.63, 3.8) is 0 Å². The van der Waals surface area contributed by atoms with Crippen LogP contribution in [0.5, 0.6) is 0 Å². The zero-order valence-electron chi connectivity index (χ0n) is 14.8. The number of carbonyl (C=O) groups excluding carboxylic acids is 3. The minimum atomic E-state index is -1.24. The van der Waals surface area contributed by atoms with Gasteiger partial charge in [0.15, 0.2) is 0 Å². The van der Waals surface area contributed by atoms with Gasteiger partial charge in [-0.25, -0.2) is 19.5 Å². The number of likely N-dealkylation sites (tertiary alicyclic amines) is 1. The predicted molar refractivity (Wildman–Crippen MR) is 88.0 cm³/mol. The van der Waals surface area contributed by atoms with Crippen LogP contribution >= 0.6 is 0 Å². The van der Waals surface area contributed by atoms with Crippen LogP contribution in [0, 0.1) is 0 Å². The summed E-state index contributed by atoms with van der Waals surface area (Å²) in [6.07, 6.45) is 2.09. The standard InChI is InChI=1S/C16H22N4O6/c1-16(2,3)26-15(25)20-11(4-5-12(20)21)13(22)19-10(14(23)24)6-9-7-17-8-18-9/h7-8,10-11H,4-6H2,1-3H3,(H,17,18)(H,19,22)(H,23,24)/t10-,11-/m0/s1. The molecular weight excluding hydrogens is 344 g/mol. The molecule has 1 saturated heterocycles. The second-order valence-electron chi connectivity index (χ2n) is 6.96. The molecule has 1 aromatic heterocycles. The van der Waals surface area contributed by atoms with Gasteiger partial charge in [0.25, 0.3) is 0 Å². The van der Waals surface area contributed by atoms with Gasteiger partial charge in [-0.3, -0.25) is 9.59 Å². The number of ether oxygens (including phenoxy) is 1. The van der Waals surface area contributed by atoms with Crippen molar-refractivity contribution in [3.05, 3.63) is 18.2 Å². The van der Waals surface area contributed by atoms with Crippen LogP contribution in [0.15, 0.2) is 12.5 Å². The Kier molecular flexibility index (Phi) is 5.63. The van der Waals surface area contributed by atoms with E-state index in [9.17, 15) is 24.3 Å². The number of carboxylic acids is 1. The van der Waals surface area contributed by atoms with E-state index in [1.807, 2.05) is 0 Å². The summed E-state index contributed by atoms with van der Waals surface area (Å²) < 4.78 is 5.17. The minimum absolute atomic E-state index is 0.00837. The third-order valence-corrected chi connectivity index (χ3v) is 3.69. The quantitative estimate of drug-likeness (QED) is 0.686. The normalized spacial score (nSPS) is 18.5. The molecular formula is C16H22N4O6. The van der Waals surface area contributed by atoms with Crippen LogP contribution in [0.4, 0.5) is 4.79 Å². The van der Waals surface area contributed by atoms with Crippen molar-refractivity contribution >= 4 is 23.9 Å². The summed E-state index contributed by atoms with van der Waals surface area (Å²) in [5.74, 6) is -2.49. The Bertz CT molecular complexity index is 694. The molecule has 0 aromatic carbocycles. The number of rotatable bonds is 5. The molecule has 0 radical (unpaired) electrons. The molecule has 1 aromatic rings. The summed E-state index contributed by atoms with van der Waals surface area (Å²) in [4.78, 5) is 55.6. The van der Waals surface area contributed by atoms with Gasteiger partial charge in [0.2, 0.25) is 11.8 Å². The van der Waals surface area contributed by atoms with Crippen molar-refractivity contribution in [2.45, 2.75) is 57.7 Å². The minimum Gasteiger partial charge on any atom is -0.480 e. The Hall–Kier alpha value is -2.91. The van der Waals surface area contributed by atoms with E-state index in [4.69, 9.17) is 4.74 Å². The molecule has 0 bridgehead atoms. The highest BCUT2D eigenvalue weighted by atomic mass is 16.6. The molecule has 10 nitrogen and oxygen atoms in total. The Morgan fingerprint density at radius 1 is 1.46 bits per heavy atom. The molecule has 0 unspecified atom stereocenters. The van der Waals surface area contributed by atoms with Gasteiger partial charge >= 0.3 is 12.1 Å². The van der Waals surface area contributed by atoms with Crippen molar-refractivity contribution in [2.75, 3.05) is 0 Å². The number of nitrogens with one attached hydrogen (secondary N) is 2. The summed E-state index contributed by atoms with van der Waals surface area (Å²) in [7, 11) is 0. The fraction of sp³-hybridized carbons (Fsp3) is 0.562. The lowest BCUT2D eigenvalue weighted by molar-refractivity contribution is -0.142. The van der Waals surface area contributed by atoms with Gasteiger partial charge in [0.1, 0.15) is 17.7 Å². The van der Waals surface area contributed by atoms with Crippen molar-refractivity contribution in [1.29, 1.82) is 0 Å².